The summed E-state index contributed by atoms with van der Waals surface area (Å²) in [5.41, 5.74) is 8.01. The molecule has 0 rings (SSSR count). The standard InChI is InChI=1S/C16H22N4O/c1-9(2)11(4)18-13(6)14(7)19-15(8)16(21)20-12(5)10(3)17/h18-19H,1,3-8,17H2,2H3,(H,20,21). The minimum Gasteiger partial charge on any atom is -0.398 e. The quantitative estimate of drug-likeness (QED) is 0.385. The molecule has 0 aliphatic carbocycles. The second-order valence-electron chi connectivity index (χ2n) is 4.40. The molecule has 0 fully saturated rings. The maximum absolute atomic E-state index is 11.8. The fraction of sp³-hybridized carbons (Fsp3) is 0.0625. The highest BCUT2D eigenvalue weighted by Gasteiger charge is 2.11. The lowest BCUT2D eigenvalue weighted by Crippen LogP contribution is -2.32. The third-order valence-corrected chi connectivity index (χ3v) is 2.41. The molecule has 1 amide bonds. The maximum atomic E-state index is 11.8. The van der Waals surface area contributed by atoms with Crippen molar-refractivity contribution in [3.63, 3.8) is 0 Å². The molecule has 0 saturated carbocycles. The van der Waals surface area contributed by atoms with Crippen molar-refractivity contribution in [3.05, 3.63) is 85.8 Å². The minimum absolute atomic E-state index is 0.0614. The van der Waals surface area contributed by atoms with E-state index in [0.29, 0.717) is 17.1 Å². The Morgan fingerprint density at radius 2 is 1.14 bits per heavy atom. The molecule has 0 radical (unpaired) electrons. The zero-order valence-electron chi connectivity index (χ0n) is 12.4. The van der Waals surface area contributed by atoms with Crippen LogP contribution in [-0.2, 0) is 4.79 Å². The topological polar surface area (TPSA) is 79.2 Å². The molecule has 0 aromatic rings. The van der Waals surface area contributed by atoms with Crippen LogP contribution in [0.3, 0.4) is 0 Å². The van der Waals surface area contributed by atoms with E-state index in [0.717, 1.165) is 5.57 Å². The van der Waals surface area contributed by atoms with Gasteiger partial charge in [-0.3, -0.25) is 4.79 Å². The Bertz CT molecular complexity index is 517. The first kappa shape index (κ1) is 18.0. The summed E-state index contributed by atoms with van der Waals surface area (Å²) in [5, 5.41) is 8.07. The molecule has 0 aliphatic heterocycles. The normalized spacial score (nSPS) is 9.00. The van der Waals surface area contributed by atoms with E-state index in [-0.39, 0.29) is 17.1 Å². The van der Waals surface area contributed by atoms with E-state index in [1.807, 2.05) is 0 Å². The van der Waals surface area contributed by atoms with Crippen LogP contribution in [0.4, 0.5) is 0 Å². The molecule has 0 spiro atoms. The van der Waals surface area contributed by atoms with Crippen molar-refractivity contribution in [2.45, 2.75) is 6.92 Å². The Kier molecular flexibility index (Phi) is 6.53. The summed E-state index contributed by atoms with van der Waals surface area (Å²) < 4.78 is 0. The Hall–Kier alpha value is -2.95. The van der Waals surface area contributed by atoms with Crippen molar-refractivity contribution in [2.24, 2.45) is 5.73 Å². The van der Waals surface area contributed by atoms with Crippen LogP contribution in [0.15, 0.2) is 85.8 Å². The largest absolute Gasteiger partial charge is 0.398 e. The smallest absolute Gasteiger partial charge is 0.271 e. The molecular formula is C16H22N4O. The number of nitrogens with two attached hydrogens (primary N) is 1. The van der Waals surface area contributed by atoms with Gasteiger partial charge in [0.2, 0.25) is 0 Å². The van der Waals surface area contributed by atoms with Crippen molar-refractivity contribution >= 4 is 5.91 Å². The molecule has 21 heavy (non-hydrogen) atoms. The van der Waals surface area contributed by atoms with Crippen molar-refractivity contribution in [2.75, 3.05) is 0 Å². The highest BCUT2D eigenvalue weighted by molar-refractivity contribution is 5.94. The summed E-state index contributed by atoms with van der Waals surface area (Å²) in [6, 6.07) is 0. The maximum Gasteiger partial charge on any atom is 0.271 e. The summed E-state index contributed by atoms with van der Waals surface area (Å²) >= 11 is 0. The van der Waals surface area contributed by atoms with Crippen LogP contribution in [0.5, 0.6) is 0 Å². The van der Waals surface area contributed by atoms with E-state index >= 15 is 0 Å². The van der Waals surface area contributed by atoms with Gasteiger partial charge in [0.25, 0.3) is 5.91 Å². The van der Waals surface area contributed by atoms with Crippen molar-refractivity contribution in [1.82, 2.24) is 16.0 Å². The van der Waals surface area contributed by atoms with E-state index in [4.69, 9.17) is 5.73 Å². The van der Waals surface area contributed by atoms with Gasteiger partial charge in [-0.15, -0.1) is 0 Å². The van der Waals surface area contributed by atoms with E-state index in [1.54, 1.807) is 6.92 Å². The third kappa shape index (κ3) is 6.15. The van der Waals surface area contributed by atoms with Crippen LogP contribution in [0.2, 0.25) is 0 Å². The Morgan fingerprint density at radius 1 is 0.714 bits per heavy atom. The van der Waals surface area contributed by atoms with Gasteiger partial charge in [0, 0.05) is 11.4 Å². The highest BCUT2D eigenvalue weighted by Crippen LogP contribution is 2.07. The Balaban J connectivity index is 4.54. The second kappa shape index (κ2) is 7.59. The molecular weight excluding hydrogens is 264 g/mol. The van der Waals surface area contributed by atoms with Crippen LogP contribution in [0, 0.1) is 0 Å². The molecule has 0 unspecified atom stereocenters. The highest BCUT2D eigenvalue weighted by atomic mass is 16.2. The lowest BCUT2D eigenvalue weighted by Gasteiger charge is -2.17. The Labute approximate surface area is 126 Å². The molecule has 0 bridgehead atoms. The molecule has 112 valence electrons. The first-order chi connectivity index (χ1) is 9.56. The molecule has 0 aromatic heterocycles. The van der Waals surface area contributed by atoms with Gasteiger partial charge in [-0.05, 0) is 12.5 Å². The number of hydrogen-bond acceptors (Lipinski definition) is 4. The van der Waals surface area contributed by atoms with Gasteiger partial charge in [-0.2, -0.15) is 0 Å². The molecule has 5 nitrogen and oxygen atoms in total. The molecule has 5 N–H and O–H groups in total. The fourth-order valence-corrected chi connectivity index (χ4v) is 0.971. The SMILES string of the molecule is C=C(C)C(=C)NC(=C)C(=C)NC(=C)C(=O)NC(=C)C(=C)N. The zero-order valence-corrected chi connectivity index (χ0v) is 12.4. The van der Waals surface area contributed by atoms with E-state index in [2.05, 4.69) is 62.0 Å². The van der Waals surface area contributed by atoms with Crippen LogP contribution >= 0.6 is 0 Å². The number of allylic oxidation sites excluding steroid dienone is 1. The second-order valence-corrected chi connectivity index (χ2v) is 4.40. The molecule has 5 heteroatoms. The Morgan fingerprint density at radius 3 is 1.52 bits per heavy atom. The average Bonchev–Trinajstić information content (AvgIpc) is 2.37. The number of amides is 1. The minimum atomic E-state index is -0.501. The van der Waals surface area contributed by atoms with Gasteiger partial charge in [0.15, 0.2) is 0 Å². The van der Waals surface area contributed by atoms with E-state index in [1.165, 1.54) is 0 Å². The summed E-state index contributed by atoms with van der Waals surface area (Å²) in [6.07, 6.45) is 0. The predicted molar refractivity (Wildman–Crippen MR) is 88.3 cm³/mol. The molecule has 0 saturated heterocycles. The third-order valence-electron chi connectivity index (χ3n) is 2.41. The monoisotopic (exact) mass is 286 g/mol. The summed E-state index contributed by atoms with van der Waals surface area (Å²) in [7, 11) is 0. The van der Waals surface area contributed by atoms with E-state index in [9.17, 15) is 4.79 Å². The van der Waals surface area contributed by atoms with Crippen molar-refractivity contribution in [1.29, 1.82) is 0 Å². The van der Waals surface area contributed by atoms with E-state index < -0.39 is 5.91 Å². The number of carbonyl (C=O) groups excluding carboxylic acids is 1. The summed E-state index contributed by atoms with van der Waals surface area (Å²) in [6.45, 7) is 27.5. The molecule has 0 atom stereocenters. The van der Waals surface area contributed by atoms with Crippen LogP contribution in [0.1, 0.15) is 6.92 Å². The fourth-order valence-electron chi connectivity index (χ4n) is 0.971. The van der Waals surface area contributed by atoms with Crippen molar-refractivity contribution in [3.8, 4) is 0 Å². The van der Waals surface area contributed by atoms with Crippen LogP contribution in [0.25, 0.3) is 0 Å². The first-order valence-corrected chi connectivity index (χ1v) is 5.97. The molecule has 0 aliphatic rings. The number of rotatable bonds is 9. The lowest BCUT2D eigenvalue weighted by molar-refractivity contribution is -0.117. The number of nitrogens with one attached hydrogen (secondary N) is 3. The van der Waals surface area contributed by atoms with Gasteiger partial charge in [0.1, 0.15) is 0 Å². The van der Waals surface area contributed by atoms with Gasteiger partial charge < -0.3 is 21.7 Å². The number of carbonyl (C=O) groups is 1. The summed E-state index contributed by atoms with van der Waals surface area (Å²) in [5.74, 6) is -0.501. The van der Waals surface area contributed by atoms with Crippen LogP contribution in [-0.4, -0.2) is 5.91 Å². The van der Waals surface area contributed by atoms with Gasteiger partial charge in [-0.1, -0.05) is 46.1 Å². The van der Waals surface area contributed by atoms with Crippen molar-refractivity contribution < 1.29 is 4.79 Å². The average molecular weight is 286 g/mol. The molecule has 0 aromatic carbocycles. The van der Waals surface area contributed by atoms with Crippen LogP contribution < -0.4 is 21.7 Å². The zero-order chi connectivity index (χ0) is 16.7. The number of hydrogen-bond donors (Lipinski definition) is 4. The first-order valence-electron chi connectivity index (χ1n) is 5.97. The van der Waals surface area contributed by atoms with Gasteiger partial charge in [-0.25, -0.2) is 0 Å². The predicted octanol–water partition coefficient (Wildman–Crippen LogP) is 1.90. The molecule has 0 heterocycles. The summed E-state index contributed by atoms with van der Waals surface area (Å²) in [4.78, 5) is 11.8. The lowest BCUT2D eigenvalue weighted by atomic mass is 10.2. The van der Waals surface area contributed by atoms with Gasteiger partial charge in [0.05, 0.1) is 22.8 Å². The van der Waals surface area contributed by atoms with Gasteiger partial charge >= 0.3 is 0 Å².